The number of nitrogens with zero attached hydrogens (tertiary/aromatic N) is 1. The van der Waals surface area contributed by atoms with E-state index in [1.54, 1.807) is 50.9 Å². The van der Waals surface area contributed by atoms with Crippen molar-refractivity contribution in [1.82, 2.24) is 4.90 Å². The summed E-state index contributed by atoms with van der Waals surface area (Å²) in [5.74, 6) is -0.151. The Morgan fingerprint density at radius 1 is 1.26 bits per heavy atom. The fraction of sp³-hybridized carbons (Fsp3) is 0.500. The number of methoxy groups -OCH3 is 1. The quantitative estimate of drug-likeness (QED) is 0.805. The highest BCUT2D eigenvalue weighted by Crippen LogP contribution is 2.27. The maximum absolute atomic E-state index is 12.1. The van der Waals surface area contributed by atoms with Crippen LogP contribution in [0.15, 0.2) is 18.2 Å². The Morgan fingerprint density at radius 2 is 1.91 bits per heavy atom. The van der Waals surface area contributed by atoms with Gasteiger partial charge in [-0.3, -0.25) is 14.5 Å². The monoisotopic (exact) mass is 342 g/mol. The summed E-state index contributed by atoms with van der Waals surface area (Å²) in [4.78, 5) is 25.4. The fourth-order valence-corrected chi connectivity index (χ4v) is 2.03. The van der Waals surface area contributed by atoms with Crippen molar-refractivity contribution in [3.05, 3.63) is 23.2 Å². The Labute approximate surface area is 141 Å². The first-order chi connectivity index (χ1) is 10.6. The molecule has 0 aliphatic heterocycles. The number of amides is 1. The molecule has 0 unspecified atom stereocenters. The number of benzene rings is 1. The van der Waals surface area contributed by atoms with Crippen LogP contribution >= 0.6 is 11.6 Å². The van der Waals surface area contributed by atoms with Crippen molar-refractivity contribution in [3.63, 3.8) is 0 Å². The Balaban J connectivity index is 2.56. The van der Waals surface area contributed by atoms with Crippen LogP contribution in [0.4, 0.5) is 5.69 Å². The summed E-state index contributed by atoms with van der Waals surface area (Å²) < 4.78 is 10.4. The van der Waals surface area contributed by atoms with E-state index in [9.17, 15) is 9.59 Å². The minimum absolute atomic E-state index is 0.0252. The van der Waals surface area contributed by atoms with Crippen molar-refractivity contribution < 1.29 is 19.1 Å². The third kappa shape index (κ3) is 7.34. The van der Waals surface area contributed by atoms with Gasteiger partial charge in [0.15, 0.2) is 0 Å². The average molecular weight is 343 g/mol. The lowest BCUT2D eigenvalue weighted by Crippen LogP contribution is -2.37. The SMILES string of the molecule is COc1ccc(Cl)cc1NC(=O)CN(C)CC(=O)OC(C)(C)C. The highest BCUT2D eigenvalue weighted by Gasteiger charge is 2.19. The largest absolute Gasteiger partial charge is 0.495 e. The van der Waals surface area contributed by atoms with Crippen LogP contribution in [0, 0.1) is 0 Å². The third-order valence-electron chi connectivity index (χ3n) is 2.67. The van der Waals surface area contributed by atoms with Crippen LogP contribution in [-0.2, 0) is 14.3 Å². The van der Waals surface area contributed by atoms with Crippen LogP contribution in [0.1, 0.15) is 20.8 Å². The molecule has 1 N–H and O–H groups in total. The van der Waals surface area contributed by atoms with Crippen LogP contribution < -0.4 is 10.1 Å². The number of likely N-dealkylation sites (N-methyl/N-ethyl adjacent to an activating group) is 1. The van der Waals surface area contributed by atoms with Gasteiger partial charge in [-0.15, -0.1) is 0 Å². The van der Waals surface area contributed by atoms with E-state index in [4.69, 9.17) is 21.1 Å². The van der Waals surface area contributed by atoms with Crippen molar-refractivity contribution >= 4 is 29.2 Å². The second-order valence-electron chi connectivity index (χ2n) is 6.15. The molecular weight excluding hydrogens is 320 g/mol. The minimum atomic E-state index is -0.547. The highest BCUT2D eigenvalue weighted by atomic mass is 35.5. The molecule has 0 aliphatic carbocycles. The van der Waals surface area contributed by atoms with E-state index < -0.39 is 5.60 Å². The van der Waals surface area contributed by atoms with Gasteiger partial charge in [0.25, 0.3) is 0 Å². The summed E-state index contributed by atoms with van der Waals surface area (Å²) >= 11 is 5.91. The first-order valence-electron chi connectivity index (χ1n) is 7.14. The van der Waals surface area contributed by atoms with Crippen LogP contribution in [0.2, 0.25) is 5.02 Å². The Hall–Kier alpha value is -1.79. The summed E-state index contributed by atoms with van der Waals surface area (Å²) in [5, 5.41) is 3.20. The number of rotatable bonds is 6. The smallest absolute Gasteiger partial charge is 0.320 e. The fourth-order valence-electron chi connectivity index (χ4n) is 1.86. The number of ether oxygens (including phenoxy) is 2. The maximum Gasteiger partial charge on any atom is 0.320 e. The van der Waals surface area contributed by atoms with Crippen LogP contribution in [0.3, 0.4) is 0 Å². The summed E-state index contributed by atoms with van der Waals surface area (Å²) in [6.45, 7) is 5.45. The van der Waals surface area contributed by atoms with Gasteiger partial charge in [-0.1, -0.05) is 11.6 Å². The Kier molecular flexibility index (Phi) is 6.84. The van der Waals surface area contributed by atoms with Gasteiger partial charge < -0.3 is 14.8 Å². The number of hydrogen-bond donors (Lipinski definition) is 1. The number of carbonyl (C=O) groups excluding carboxylic acids is 2. The zero-order valence-electron chi connectivity index (χ0n) is 14.1. The zero-order valence-corrected chi connectivity index (χ0v) is 14.9. The third-order valence-corrected chi connectivity index (χ3v) is 2.90. The van der Waals surface area contributed by atoms with Gasteiger partial charge in [0.05, 0.1) is 25.9 Å². The average Bonchev–Trinajstić information content (AvgIpc) is 2.35. The van der Waals surface area contributed by atoms with Gasteiger partial charge >= 0.3 is 5.97 Å². The Bertz CT molecular complexity index is 570. The Morgan fingerprint density at radius 3 is 2.48 bits per heavy atom. The molecule has 0 aliphatic rings. The number of halogens is 1. The topological polar surface area (TPSA) is 67.9 Å². The number of hydrogen-bond acceptors (Lipinski definition) is 5. The van der Waals surface area contributed by atoms with E-state index in [-0.39, 0.29) is 25.0 Å². The number of anilines is 1. The molecule has 0 radical (unpaired) electrons. The number of carbonyl (C=O) groups is 2. The second kappa shape index (κ2) is 8.17. The van der Waals surface area contributed by atoms with Crippen LogP contribution in [0.25, 0.3) is 0 Å². The van der Waals surface area contributed by atoms with E-state index in [0.29, 0.717) is 16.5 Å². The van der Waals surface area contributed by atoms with E-state index in [1.165, 1.54) is 7.11 Å². The summed E-state index contributed by atoms with van der Waals surface area (Å²) in [6.07, 6.45) is 0. The molecule has 0 saturated heterocycles. The minimum Gasteiger partial charge on any atom is -0.495 e. The summed E-state index contributed by atoms with van der Waals surface area (Å²) in [7, 11) is 3.17. The normalized spacial score (nSPS) is 11.3. The lowest BCUT2D eigenvalue weighted by molar-refractivity contribution is -0.155. The van der Waals surface area contributed by atoms with Crippen molar-refractivity contribution in [2.45, 2.75) is 26.4 Å². The molecule has 1 amide bonds. The van der Waals surface area contributed by atoms with Gasteiger partial charge in [0.2, 0.25) is 5.91 Å². The molecular formula is C16H23ClN2O4. The molecule has 1 rings (SSSR count). The zero-order chi connectivity index (χ0) is 17.6. The number of nitrogens with one attached hydrogen (secondary N) is 1. The van der Waals surface area contributed by atoms with E-state index in [2.05, 4.69) is 5.32 Å². The molecule has 1 aromatic carbocycles. The van der Waals surface area contributed by atoms with Crippen molar-refractivity contribution in [3.8, 4) is 5.75 Å². The molecule has 0 atom stereocenters. The first-order valence-corrected chi connectivity index (χ1v) is 7.52. The second-order valence-corrected chi connectivity index (χ2v) is 6.59. The summed E-state index contributed by atoms with van der Waals surface area (Å²) in [5.41, 5.74) is -0.0652. The molecule has 0 heterocycles. The highest BCUT2D eigenvalue weighted by molar-refractivity contribution is 6.31. The predicted octanol–water partition coefficient (Wildman–Crippen LogP) is 2.56. The molecule has 7 heteroatoms. The van der Waals surface area contributed by atoms with E-state index >= 15 is 0 Å². The molecule has 128 valence electrons. The van der Waals surface area contributed by atoms with Crippen molar-refractivity contribution in [2.24, 2.45) is 0 Å². The van der Waals surface area contributed by atoms with Crippen molar-refractivity contribution in [1.29, 1.82) is 0 Å². The molecule has 1 aromatic rings. The number of esters is 1. The van der Waals surface area contributed by atoms with Gasteiger partial charge in [-0.25, -0.2) is 0 Å². The molecule has 0 saturated carbocycles. The molecule has 0 fully saturated rings. The molecule has 0 spiro atoms. The van der Waals surface area contributed by atoms with Crippen molar-refractivity contribution in [2.75, 3.05) is 32.6 Å². The predicted molar refractivity (Wildman–Crippen MR) is 90.0 cm³/mol. The van der Waals surface area contributed by atoms with Gasteiger partial charge in [-0.05, 0) is 46.0 Å². The van der Waals surface area contributed by atoms with Crippen LogP contribution in [-0.4, -0.2) is 49.6 Å². The lowest BCUT2D eigenvalue weighted by Gasteiger charge is -2.22. The van der Waals surface area contributed by atoms with Gasteiger partial charge in [0.1, 0.15) is 11.4 Å². The van der Waals surface area contributed by atoms with Crippen LogP contribution in [0.5, 0.6) is 5.75 Å². The maximum atomic E-state index is 12.1. The molecule has 0 aromatic heterocycles. The van der Waals surface area contributed by atoms with Gasteiger partial charge in [-0.2, -0.15) is 0 Å². The summed E-state index contributed by atoms with van der Waals surface area (Å²) in [6, 6.07) is 4.94. The standard InChI is InChI=1S/C16H23ClN2O4/c1-16(2,3)23-15(21)10-19(4)9-14(20)18-12-8-11(17)6-7-13(12)22-5/h6-8H,9-10H2,1-5H3,(H,18,20). The van der Waals surface area contributed by atoms with Gasteiger partial charge in [0, 0.05) is 5.02 Å². The van der Waals surface area contributed by atoms with E-state index in [1.807, 2.05) is 0 Å². The lowest BCUT2D eigenvalue weighted by atomic mass is 10.2. The first kappa shape index (κ1) is 19.3. The molecule has 6 nitrogen and oxygen atoms in total. The molecule has 0 bridgehead atoms. The van der Waals surface area contributed by atoms with E-state index in [0.717, 1.165) is 0 Å². The molecule has 23 heavy (non-hydrogen) atoms.